The fourth-order valence-corrected chi connectivity index (χ4v) is 2.30. The minimum atomic E-state index is -4.32. The number of carbonyl (C=O) groups excluding carboxylic acids is 1. The molecule has 19 heavy (non-hydrogen) atoms. The molecule has 1 aliphatic heterocycles. The molecule has 1 aromatic carbocycles. The Morgan fingerprint density at radius 3 is 2.26 bits per heavy atom. The molecule has 1 fully saturated rings. The van der Waals surface area contributed by atoms with E-state index < -0.39 is 11.7 Å². The molecular weight excluding hydrogens is 255 g/mol. The monoisotopic (exact) mass is 271 g/mol. The SMILES string of the molecule is O=C(Cc1ccc(C(F)(F)F)cc1)C1CCNCC1. The van der Waals surface area contributed by atoms with Crippen LogP contribution in [0.25, 0.3) is 0 Å². The smallest absolute Gasteiger partial charge is 0.317 e. The summed E-state index contributed by atoms with van der Waals surface area (Å²) in [6, 6.07) is 4.85. The molecule has 104 valence electrons. The quantitative estimate of drug-likeness (QED) is 0.916. The maximum atomic E-state index is 12.4. The lowest BCUT2D eigenvalue weighted by molar-refractivity contribution is -0.137. The first-order valence-corrected chi connectivity index (χ1v) is 6.36. The van der Waals surface area contributed by atoms with Gasteiger partial charge in [-0.1, -0.05) is 12.1 Å². The van der Waals surface area contributed by atoms with Crippen molar-refractivity contribution in [3.63, 3.8) is 0 Å². The van der Waals surface area contributed by atoms with Crippen LogP contribution in [0.2, 0.25) is 0 Å². The Bertz CT molecular complexity index is 433. The van der Waals surface area contributed by atoms with Crippen molar-refractivity contribution in [1.82, 2.24) is 5.32 Å². The molecule has 1 heterocycles. The Balaban J connectivity index is 1.97. The topological polar surface area (TPSA) is 29.1 Å². The summed E-state index contributed by atoms with van der Waals surface area (Å²) in [7, 11) is 0. The minimum absolute atomic E-state index is 0.0449. The third-order valence-electron chi connectivity index (χ3n) is 3.45. The van der Waals surface area contributed by atoms with Gasteiger partial charge in [-0.3, -0.25) is 4.79 Å². The van der Waals surface area contributed by atoms with Gasteiger partial charge in [0.05, 0.1) is 5.56 Å². The molecule has 0 aromatic heterocycles. The first-order chi connectivity index (χ1) is 8.97. The molecule has 5 heteroatoms. The molecule has 0 bridgehead atoms. The summed E-state index contributed by atoms with van der Waals surface area (Å²) in [6.45, 7) is 1.67. The number of rotatable bonds is 3. The highest BCUT2D eigenvalue weighted by molar-refractivity contribution is 5.83. The van der Waals surface area contributed by atoms with E-state index in [2.05, 4.69) is 5.32 Å². The molecule has 0 radical (unpaired) electrons. The van der Waals surface area contributed by atoms with Crippen LogP contribution < -0.4 is 5.32 Å². The number of ketones is 1. The third-order valence-corrected chi connectivity index (χ3v) is 3.45. The maximum Gasteiger partial charge on any atom is 0.416 e. The number of halogens is 3. The molecule has 0 aliphatic carbocycles. The molecule has 1 saturated heterocycles. The van der Waals surface area contributed by atoms with E-state index in [1.54, 1.807) is 0 Å². The van der Waals surface area contributed by atoms with E-state index >= 15 is 0 Å². The molecule has 2 rings (SSSR count). The van der Waals surface area contributed by atoms with E-state index in [1.807, 2.05) is 0 Å². The van der Waals surface area contributed by atoms with Gasteiger partial charge >= 0.3 is 6.18 Å². The van der Waals surface area contributed by atoms with Crippen LogP contribution in [0.1, 0.15) is 24.0 Å². The van der Waals surface area contributed by atoms with Crippen molar-refractivity contribution in [2.45, 2.75) is 25.4 Å². The van der Waals surface area contributed by atoms with Crippen LogP contribution in [0.4, 0.5) is 13.2 Å². The standard InChI is InChI=1S/C14H16F3NO/c15-14(16,17)12-3-1-10(2-4-12)9-13(19)11-5-7-18-8-6-11/h1-4,11,18H,5-9H2. The summed E-state index contributed by atoms with van der Waals surface area (Å²) in [5, 5.41) is 3.18. The predicted octanol–water partition coefficient (Wildman–Crippen LogP) is 2.82. The molecule has 1 aromatic rings. The normalized spacial score (nSPS) is 17.4. The molecular formula is C14H16F3NO. The van der Waals surface area contributed by atoms with Crippen LogP contribution in [0.3, 0.4) is 0 Å². The van der Waals surface area contributed by atoms with Crippen molar-refractivity contribution in [1.29, 1.82) is 0 Å². The number of hydrogen-bond acceptors (Lipinski definition) is 2. The molecule has 0 saturated carbocycles. The van der Waals surface area contributed by atoms with Gasteiger partial charge in [-0.25, -0.2) is 0 Å². The van der Waals surface area contributed by atoms with Gasteiger partial charge in [0.2, 0.25) is 0 Å². The van der Waals surface area contributed by atoms with Crippen LogP contribution in [0.15, 0.2) is 24.3 Å². The van der Waals surface area contributed by atoms with Crippen molar-refractivity contribution in [3.05, 3.63) is 35.4 Å². The highest BCUT2D eigenvalue weighted by atomic mass is 19.4. The van der Waals surface area contributed by atoms with Crippen molar-refractivity contribution in [3.8, 4) is 0 Å². The van der Waals surface area contributed by atoms with Crippen LogP contribution in [0, 0.1) is 5.92 Å². The zero-order valence-corrected chi connectivity index (χ0v) is 10.5. The highest BCUT2D eigenvalue weighted by Crippen LogP contribution is 2.29. The summed E-state index contributed by atoms with van der Waals surface area (Å²) < 4.78 is 37.2. The van der Waals surface area contributed by atoms with Gasteiger partial charge in [0.1, 0.15) is 5.78 Å². The van der Waals surface area contributed by atoms with Gasteiger partial charge in [-0.2, -0.15) is 13.2 Å². The molecule has 0 unspecified atom stereocenters. The second-order valence-corrected chi connectivity index (χ2v) is 4.86. The lowest BCUT2D eigenvalue weighted by Crippen LogP contribution is -2.32. The van der Waals surface area contributed by atoms with Gasteiger partial charge < -0.3 is 5.32 Å². The second kappa shape index (κ2) is 5.74. The van der Waals surface area contributed by atoms with Crippen LogP contribution in [0.5, 0.6) is 0 Å². The second-order valence-electron chi connectivity index (χ2n) is 4.86. The first-order valence-electron chi connectivity index (χ1n) is 6.36. The number of nitrogens with one attached hydrogen (secondary N) is 1. The fraction of sp³-hybridized carbons (Fsp3) is 0.500. The van der Waals surface area contributed by atoms with Crippen LogP contribution >= 0.6 is 0 Å². The fourth-order valence-electron chi connectivity index (χ4n) is 2.30. The largest absolute Gasteiger partial charge is 0.416 e. The summed E-state index contributed by atoms with van der Waals surface area (Å²) in [6.07, 6.45) is -2.46. The summed E-state index contributed by atoms with van der Waals surface area (Å²) in [5.74, 6) is 0.171. The lowest BCUT2D eigenvalue weighted by Gasteiger charge is -2.21. The van der Waals surface area contributed by atoms with Gasteiger partial charge in [-0.05, 0) is 43.6 Å². The van der Waals surface area contributed by atoms with Crippen LogP contribution in [-0.4, -0.2) is 18.9 Å². The Morgan fingerprint density at radius 1 is 1.16 bits per heavy atom. The predicted molar refractivity (Wildman–Crippen MR) is 65.7 cm³/mol. The zero-order chi connectivity index (χ0) is 13.9. The van der Waals surface area contributed by atoms with Crippen molar-refractivity contribution < 1.29 is 18.0 Å². The lowest BCUT2D eigenvalue weighted by atomic mass is 9.90. The van der Waals surface area contributed by atoms with Crippen molar-refractivity contribution in [2.75, 3.05) is 13.1 Å². The molecule has 1 aliphatic rings. The average Bonchev–Trinajstić information content (AvgIpc) is 2.39. The summed E-state index contributed by atoms with van der Waals surface area (Å²) >= 11 is 0. The molecule has 2 nitrogen and oxygen atoms in total. The summed E-state index contributed by atoms with van der Waals surface area (Å²) in [4.78, 5) is 12.0. The molecule has 0 amide bonds. The summed E-state index contributed by atoms with van der Waals surface area (Å²) in [5.41, 5.74) is -0.0258. The molecule has 0 atom stereocenters. The maximum absolute atomic E-state index is 12.4. The number of benzene rings is 1. The van der Waals surface area contributed by atoms with Gasteiger partial charge in [0.25, 0.3) is 0 Å². The van der Waals surface area contributed by atoms with E-state index in [4.69, 9.17) is 0 Å². The van der Waals surface area contributed by atoms with E-state index in [-0.39, 0.29) is 18.1 Å². The van der Waals surface area contributed by atoms with Gasteiger partial charge in [0, 0.05) is 12.3 Å². The first kappa shape index (κ1) is 14.1. The number of carbonyl (C=O) groups is 1. The minimum Gasteiger partial charge on any atom is -0.317 e. The molecule has 0 spiro atoms. The van der Waals surface area contributed by atoms with E-state index in [0.717, 1.165) is 38.1 Å². The number of alkyl halides is 3. The van der Waals surface area contributed by atoms with E-state index in [1.165, 1.54) is 12.1 Å². The zero-order valence-electron chi connectivity index (χ0n) is 10.5. The van der Waals surface area contributed by atoms with E-state index in [9.17, 15) is 18.0 Å². The Kier molecular flexibility index (Phi) is 4.24. The highest BCUT2D eigenvalue weighted by Gasteiger charge is 2.30. The Morgan fingerprint density at radius 2 is 1.74 bits per heavy atom. The van der Waals surface area contributed by atoms with Crippen molar-refractivity contribution in [2.24, 2.45) is 5.92 Å². The number of piperidine rings is 1. The third kappa shape index (κ3) is 3.80. The number of Topliss-reactive ketones (excluding diaryl/α,β-unsaturated/α-hetero) is 1. The average molecular weight is 271 g/mol. The van der Waals surface area contributed by atoms with Crippen LogP contribution in [-0.2, 0) is 17.4 Å². The Labute approximate surface area is 110 Å². The molecule has 1 N–H and O–H groups in total. The van der Waals surface area contributed by atoms with E-state index in [0.29, 0.717) is 5.56 Å². The van der Waals surface area contributed by atoms with Gasteiger partial charge in [-0.15, -0.1) is 0 Å². The Hall–Kier alpha value is -1.36. The van der Waals surface area contributed by atoms with Gasteiger partial charge in [0.15, 0.2) is 0 Å². The van der Waals surface area contributed by atoms with Crippen molar-refractivity contribution >= 4 is 5.78 Å². The number of hydrogen-bond donors (Lipinski definition) is 1.